The lowest BCUT2D eigenvalue weighted by molar-refractivity contribution is -0.121. The van der Waals surface area contributed by atoms with Crippen molar-refractivity contribution in [1.29, 1.82) is 0 Å². The maximum absolute atomic E-state index is 11.9. The van der Waals surface area contributed by atoms with E-state index in [9.17, 15) is 4.79 Å². The van der Waals surface area contributed by atoms with Crippen molar-refractivity contribution in [3.05, 3.63) is 35.9 Å². The Morgan fingerprint density at radius 1 is 1.37 bits per heavy atom. The molecule has 1 aromatic carbocycles. The van der Waals surface area contributed by atoms with Crippen molar-refractivity contribution in [1.82, 2.24) is 10.6 Å². The number of carbonyl (C=O) groups is 1. The van der Waals surface area contributed by atoms with Crippen molar-refractivity contribution < 1.29 is 9.53 Å². The van der Waals surface area contributed by atoms with Gasteiger partial charge in [-0.3, -0.25) is 4.79 Å². The number of aryl methyl sites for hydroxylation is 1. The Labute approximate surface area is 113 Å². The van der Waals surface area contributed by atoms with Crippen LogP contribution in [0.2, 0.25) is 0 Å². The number of amides is 1. The molecule has 4 heteroatoms. The van der Waals surface area contributed by atoms with E-state index in [1.807, 2.05) is 18.2 Å². The van der Waals surface area contributed by atoms with Crippen LogP contribution in [0.4, 0.5) is 0 Å². The molecule has 2 aliphatic heterocycles. The van der Waals surface area contributed by atoms with Crippen molar-refractivity contribution in [2.75, 3.05) is 19.7 Å². The lowest BCUT2D eigenvalue weighted by atomic mass is 9.92. The normalized spacial score (nSPS) is 24.1. The van der Waals surface area contributed by atoms with Crippen molar-refractivity contribution in [2.45, 2.75) is 30.9 Å². The van der Waals surface area contributed by atoms with Crippen molar-refractivity contribution in [3.63, 3.8) is 0 Å². The third-order valence-electron chi connectivity index (χ3n) is 3.95. The van der Waals surface area contributed by atoms with E-state index < -0.39 is 0 Å². The van der Waals surface area contributed by atoms with Crippen molar-refractivity contribution in [3.8, 4) is 0 Å². The first-order valence-electron chi connectivity index (χ1n) is 6.94. The molecule has 19 heavy (non-hydrogen) atoms. The lowest BCUT2D eigenvalue weighted by Gasteiger charge is -2.38. The van der Waals surface area contributed by atoms with E-state index in [4.69, 9.17) is 4.74 Å². The van der Waals surface area contributed by atoms with Gasteiger partial charge in [-0.2, -0.15) is 0 Å². The molecule has 1 atom stereocenters. The second kappa shape index (κ2) is 5.31. The minimum absolute atomic E-state index is 0.0113. The minimum atomic E-state index is 0.0113. The molecule has 3 rings (SSSR count). The van der Waals surface area contributed by atoms with Gasteiger partial charge in [0, 0.05) is 25.9 Å². The first-order chi connectivity index (χ1) is 9.26. The van der Waals surface area contributed by atoms with Crippen LogP contribution in [0, 0.1) is 0 Å². The standard InChI is InChI=1S/C15H20N2O2/c18-14(7-6-12-4-2-1-3-5-12)17-13-8-15(19-9-13)10-16-11-15/h1-5,13,16H,6-11H2,(H,17,18). The zero-order chi connectivity index (χ0) is 13.1. The predicted molar refractivity (Wildman–Crippen MR) is 72.9 cm³/mol. The summed E-state index contributed by atoms with van der Waals surface area (Å²) in [6, 6.07) is 10.3. The smallest absolute Gasteiger partial charge is 0.220 e. The Morgan fingerprint density at radius 2 is 2.16 bits per heavy atom. The predicted octanol–water partition coefficient (Wildman–Crippen LogP) is 0.866. The second-order valence-electron chi connectivity index (χ2n) is 5.55. The molecule has 2 heterocycles. The number of hydrogen-bond acceptors (Lipinski definition) is 3. The highest BCUT2D eigenvalue weighted by atomic mass is 16.5. The molecule has 0 bridgehead atoms. The summed E-state index contributed by atoms with van der Waals surface area (Å²) in [7, 11) is 0. The third kappa shape index (κ3) is 2.96. The van der Waals surface area contributed by atoms with Crippen LogP contribution in [-0.2, 0) is 16.0 Å². The highest BCUT2D eigenvalue weighted by Crippen LogP contribution is 2.29. The lowest BCUT2D eigenvalue weighted by Crippen LogP contribution is -2.59. The van der Waals surface area contributed by atoms with Gasteiger partial charge >= 0.3 is 0 Å². The molecule has 1 amide bonds. The summed E-state index contributed by atoms with van der Waals surface area (Å²) in [6.45, 7) is 2.49. The highest BCUT2D eigenvalue weighted by Gasteiger charge is 2.45. The van der Waals surface area contributed by atoms with Gasteiger partial charge in [0.2, 0.25) is 5.91 Å². The van der Waals surface area contributed by atoms with Gasteiger partial charge in [0.25, 0.3) is 0 Å². The third-order valence-corrected chi connectivity index (χ3v) is 3.95. The van der Waals surface area contributed by atoms with Crippen LogP contribution in [0.15, 0.2) is 30.3 Å². The Morgan fingerprint density at radius 3 is 2.79 bits per heavy atom. The van der Waals surface area contributed by atoms with Crippen LogP contribution in [-0.4, -0.2) is 37.2 Å². The fourth-order valence-corrected chi connectivity index (χ4v) is 2.79. The maximum atomic E-state index is 11.9. The van der Waals surface area contributed by atoms with Crippen LogP contribution in [0.3, 0.4) is 0 Å². The van der Waals surface area contributed by atoms with Gasteiger partial charge < -0.3 is 15.4 Å². The zero-order valence-corrected chi connectivity index (χ0v) is 11.0. The molecule has 2 saturated heterocycles. The molecule has 0 aromatic heterocycles. The molecule has 2 fully saturated rings. The molecular weight excluding hydrogens is 240 g/mol. The molecule has 0 radical (unpaired) electrons. The number of nitrogens with one attached hydrogen (secondary N) is 2. The van der Waals surface area contributed by atoms with Gasteiger partial charge in [-0.1, -0.05) is 30.3 Å². The summed E-state index contributed by atoms with van der Waals surface area (Å²) in [5.41, 5.74) is 1.22. The Bertz CT molecular complexity index is 443. The van der Waals surface area contributed by atoms with Crippen LogP contribution < -0.4 is 10.6 Å². The van der Waals surface area contributed by atoms with E-state index in [1.165, 1.54) is 5.56 Å². The number of benzene rings is 1. The van der Waals surface area contributed by atoms with Crippen molar-refractivity contribution in [2.24, 2.45) is 0 Å². The van der Waals surface area contributed by atoms with E-state index in [1.54, 1.807) is 0 Å². The molecular formula is C15H20N2O2. The van der Waals surface area contributed by atoms with Gasteiger partial charge in [-0.25, -0.2) is 0 Å². The average Bonchev–Trinajstić information content (AvgIpc) is 2.82. The molecule has 4 nitrogen and oxygen atoms in total. The van der Waals surface area contributed by atoms with E-state index in [-0.39, 0.29) is 17.6 Å². The van der Waals surface area contributed by atoms with Gasteiger partial charge in [0.05, 0.1) is 18.2 Å². The zero-order valence-electron chi connectivity index (χ0n) is 11.0. The van der Waals surface area contributed by atoms with Crippen LogP contribution >= 0.6 is 0 Å². The van der Waals surface area contributed by atoms with Crippen LogP contribution in [0.25, 0.3) is 0 Å². The van der Waals surface area contributed by atoms with Gasteiger partial charge in [-0.05, 0) is 12.0 Å². The van der Waals surface area contributed by atoms with Crippen LogP contribution in [0.5, 0.6) is 0 Å². The number of carbonyl (C=O) groups excluding carboxylic acids is 1. The molecule has 2 aliphatic rings. The van der Waals surface area contributed by atoms with Gasteiger partial charge in [-0.15, -0.1) is 0 Å². The Balaban J connectivity index is 1.42. The first-order valence-corrected chi connectivity index (χ1v) is 6.94. The molecule has 0 aliphatic carbocycles. The monoisotopic (exact) mass is 260 g/mol. The summed E-state index contributed by atoms with van der Waals surface area (Å²) >= 11 is 0. The van der Waals surface area contributed by atoms with Gasteiger partial charge in [0.1, 0.15) is 0 Å². The summed E-state index contributed by atoms with van der Waals surface area (Å²) in [5, 5.41) is 6.31. The molecule has 1 aromatic rings. The van der Waals surface area contributed by atoms with E-state index in [0.717, 1.165) is 25.9 Å². The maximum Gasteiger partial charge on any atom is 0.220 e. The average molecular weight is 260 g/mol. The Hall–Kier alpha value is -1.39. The number of hydrogen-bond donors (Lipinski definition) is 2. The number of ether oxygens (including phenoxy) is 1. The summed E-state index contributed by atoms with van der Waals surface area (Å²) in [6.07, 6.45) is 2.29. The molecule has 1 unspecified atom stereocenters. The SMILES string of the molecule is O=C(CCc1ccccc1)NC1COC2(CNC2)C1. The van der Waals surface area contributed by atoms with E-state index in [0.29, 0.717) is 13.0 Å². The van der Waals surface area contributed by atoms with Crippen molar-refractivity contribution >= 4 is 5.91 Å². The fourth-order valence-electron chi connectivity index (χ4n) is 2.79. The first kappa shape index (κ1) is 12.6. The summed E-state index contributed by atoms with van der Waals surface area (Å²) < 4.78 is 5.78. The second-order valence-corrected chi connectivity index (χ2v) is 5.55. The minimum Gasteiger partial charge on any atom is -0.370 e. The molecule has 2 N–H and O–H groups in total. The number of rotatable bonds is 4. The molecule has 1 spiro atoms. The topological polar surface area (TPSA) is 50.4 Å². The quantitative estimate of drug-likeness (QED) is 0.844. The fraction of sp³-hybridized carbons (Fsp3) is 0.533. The summed E-state index contributed by atoms with van der Waals surface area (Å²) in [5.74, 6) is 0.127. The molecule has 102 valence electrons. The van der Waals surface area contributed by atoms with E-state index >= 15 is 0 Å². The Kier molecular flexibility index (Phi) is 3.53. The summed E-state index contributed by atoms with van der Waals surface area (Å²) in [4.78, 5) is 11.9. The van der Waals surface area contributed by atoms with E-state index in [2.05, 4.69) is 22.8 Å². The van der Waals surface area contributed by atoms with Crippen LogP contribution in [0.1, 0.15) is 18.4 Å². The highest BCUT2D eigenvalue weighted by molar-refractivity contribution is 5.76. The largest absolute Gasteiger partial charge is 0.370 e. The molecule has 0 saturated carbocycles. The van der Waals surface area contributed by atoms with Gasteiger partial charge in [0.15, 0.2) is 0 Å².